The lowest BCUT2D eigenvalue weighted by molar-refractivity contribution is -0.131. The van der Waals surface area contributed by atoms with E-state index in [2.05, 4.69) is 21.3 Å². The number of benzene rings is 2. The van der Waals surface area contributed by atoms with E-state index in [1.165, 1.54) is 0 Å². The molecule has 9 heteroatoms. The van der Waals surface area contributed by atoms with Crippen LogP contribution in [0.5, 0.6) is 0 Å². The fourth-order valence-electron chi connectivity index (χ4n) is 3.35. The van der Waals surface area contributed by atoms with Gasteiger partial charge in [0.25, 0.3) is 11.8 Å². The predicted molar refractivity (Wildman–Crippen MR) is 133 cm³/mol. The summed E-state index contributed by atoms with van der Waals surface area (Å²) in [7, 11) is 0. The fraction of sp³-hybridized carbons (Fsp3) is 0.400. The highest BCUT2D eigenvalue weighted by molar-refractivity contribution is 5.98. The Morgan fingerprint density at radius 2 is 1.47 bits per heavy atom. The molecule has 0 radical (unpaired) electrons. The molecular weight excluding hydrogens is 434 g/mol. The molecule has 2 rings (SSSR count). The van der Waals surface area contributed by atoms with E-state index in [4.69, 9.17) is 5.21 Å². The summed E-state index contributed by atoms with van der Waals surface area (Å²) < 4.78 is 0. The van der Waals surface area contributed by atoms with Crippen molar-refractivity contribution in [1.82, 2.24) is 21.4 Å². The third-order valence-corrected chi connectivity index (χ3v) is 5.26. The van der Waals surface area contributed by atoms with E-state index >= 15 is 0 Å². The number of amides is 3. The Kier molecular flexibility index (Phi) is 11.2. The topological polar surface area (TPSA) is 132 Å². The largest absolute Gasteiger partial charge is 0.339 e. The molecule has 34 heavy (non-hydrogen) atoms. The van der Waals surface area contributed by atoms with E-state index in [0.29, 0.717) is 17.8 Å². The molecule has 0 aliphatic carbocycles. The Morgan fingerprint density at radius 3 is 2.03 bits per heavy atom. The molecule has 0 heterocycles. The monoisotopic (exact) mass is 469 g/mol. The van der Waals surface area contributed by atoms with Crippen LogP contribution in [0.1, 0.15) is 44.0 Å². The highest BCUT2D eigenvalue weighted by Gasteiger charge is 2.26. The highest BCUT2D eigenvalue weighted by atomic mass is 16.5. The molecule has 9 nitrogen and oxygen atoms in total. The average Bonchev–Trinajstić information content (AvgIpc) is 2.86. The van der Waals surface area contributed by atoms with Crippen molar-refractivity contribution in [2.75, 3.05) is 25.0 Å². The SMILES string of the molecule is CCCNCC(=O)Nc1ccc(-c2ccc(C(=O)N[C@H](C(=O)NO)C(C)NCCC)cc2)cc1. The average molecular weight is 470 g/mol. The summed E-state index contributed by atoms with van der Waals surface area (Å²) in [5.74, 6) is -1.20. The minimum atomic E-state index is -0.927. The maximum Gasteiger partial charge on any atom is 0.267 e. The van der Waals surface area contributed by atoms with E-state index in [9.17, 15) is 14.4 Å². The van der Waals surface area contributed by atoms with Crippen LogP contribution < -0.4 is 26.7 Å². The van der Waals surface area contributed by atoms with E-state index < -0.39 is 17.9 Å². The smallest absolute Gasteiger partial charge is 0.267 e. The van der Waals surface area contributed by atoms with Gasteiger partial charge in [0.05, 0.1) is 6.54 Å². The number of anilines is 1. The van der Waals surface area contributed by atoms with Gasteiger partial charge in [-0.25, -0.2) is 5.48 Å². The number of rotatable bonds is 13. The zero-order valence-corrected chi connectivity index (χ0v) is 20.0. The first-order chi connectivity index (χ1) is 16.4. The van der Waals surface area contributed by atoms with Crippen LogP contribution in [0, 0.1) is 0 Å². The molecule has 1 unspecified atom stereocenters. The van der Waals surface area contributed by atoms with Crippen LogP contribution in [-0.2, 0) is 9.59 Å². The highest BCUT2D eigenvalue weighted by Crippen LogP contribution is 2.22. The third-order valence-electron chi connectivity index (χ3n) is 5.26. The van der Waals surface area contributed by atoms with Crippen molar-refractivity contribution in [1.29, 1.82) is 0 Å². The molecule has 2 aromatic carbocycles. The van der Waals surface area contributed by atoms with Crippen LogP contribution in [0.3, 0.4) is 0 Å². The Morgan fingerprint density at radius 1 is 0.882 bits per heavy atom. The second kappa shape index (κ2) is 14.1. The van der Waals surface area contributed by atoms with Crippen LogP contribution in [0.25, 0.3) is 11.1 Å². The second-order valence-corrected chi connectivity index (χ2v) is 8.05. The Balaban J connectivity index is 2.01. The first-order valence-electron chi connectivity index (χ1n) is 11.6. The van der Waals surface area contributed by atoms with E-state index in [0.717, 1.165) is 30.5 Å². The van der Waals surface area contributed by atoms with Gasteiger partial charge in [-0.2, -0.15) is 0 Å². The molecule has 0 spiro atoms. The number of carbonyl (C=O) groups is 3. The van der Waals surface area contributed by atoms with Gasteiger partial charge in [-0.1, -0.05) is 38.1 Å². The molecule has 0 aromatic heterocycles. The lowest BCUT2D eigenvalue weighted by Crippen LogP contribution is -2.56. The molecule has 2 aromatic rings. The summed E-state index contributed by atoms with van der Waals surface area (Å²) >= 11 is 0. The van der Waals surface area contributed by atoms with Gasteiger partial charge in [-0.15, -0.1) is 0 Å². The Bertz CT molecular complexity index is 931. The molecule has 0 saturated heterocycles. The number of nitrogens with one attached hydrogen (secondary N) is 5. The first kappa shape index (κ1) is 27.0. The zero-order valence-electron chi connectivity index (χ0n) is 20.0. The van der Waals surface area contributed by atoms with E-state index in [1.54, 1.807) is 24.5 Å². The Labute approximate surface area is 200 Å². The lowest BCUT2D eigenvalue weighted by Gasteiger charge is -2.24. The first-order valence-corrected chi connectivity index (χ1v) is 11.6. The van der Waals surface area contributed by atoms with E-state index in [1.807, 2.05) is 50.2 Å². The van der Waals surface area contributed by atoms with Gasteiger partial charge < -0.3 is 21.3 Å². The molecule has 0 aliphatic heterocycles. The summed E-state index contributed by atoms with van der Waals surface area (Å²) in [6.45, 7) is 7.56. The minimum absolute atomic E-state index is 0.0936. The van der Waals surface area contributed by atoms with Crippen molar-refractivity contribution in [2.24, 2.45) is 0 Å². The number of hydroxylamine groups is 1. The zero-order chi connectivity index (χ0) is 24.9. The van der Waals surface area contributed by atoms with Gasteiger partial charge in [0.2, 0.25) is 5.91 Å². The summed E-state index contributed by atoms with van der Waals surface area (Å²) in [4.78, 5) is 36.7. The molecule has 0 saturated carbocycles. The van der Waals surface area contributed by atoms with Gasteiger partial charge in [-0.3, -0.25) is 19.6 Å². The molecule has 0 aliphatic rings. The molecule has 6 N–H and O–H groups in total. The van der Waals surface area contributed by atoms with Crippen LogP contribution in [-0.4, -0.2) is 54.6 Å². The van der Waals surface area contributed by atoms with Crippen molar-refractivity contribution in [3.63, 3.8) is 0 Å². The van der Waals surface area contributed by atoms with Gasteiger partial charge in [0.15, 0.2) is 0 Å². The van der Waals surface area contributed by atoms with Gasteiger partial charge >= 0.3 is 0 Å². The fourth-order valence-corrected chi connectivity index (χ4v) is 3.35. The van der Waals surface area contributed by atoms with Crippen LogP contribution in [0.2, 0.25) is 0 Å². The van der Waals surface area contributed by atoms with Crippen LogP contribution in [0.15, 0.2) is 48.5 Å². The third kappa shape index (κ3) is 8.26. The molecule has 3 amide bonds. The van der Waals surface area contributed by atoms with Crippen molar-refractivity contribution in [3.8, 4) is 11.1 Å². The lowest BCUT2D eigenvalue weighted by atomic mass is 10.0. The summed E-state index contributed by atoms with van der Waals surface area (Å²) in [6, 6.07) is 13.1. The molecular formula is C25H35N5O4. The molecule has 2 atom stereocenters. The van der Waals surface area contributed by atoms with Crippen molar-refractivity contribution >= 4 is 23.4 Å². The maximum absolute atomic E-state index is 12.7. The number of carbonyl (C=O) groups excluding carboxylic acids is 3. The van der Waals surface area contributed by atoms with Gasteiger partial charge in [0, 0.05) is 17.3 Å². The molecule has 184 valence electrons. The predicted octanol–water partition coefficient (Wildman–Crippen LogP) is 2.28. The normalized spacial score (nSPS) is 12.5. The second-order valence-electron chi connectivity index (χ2n) is 8.05. The van der Waals surface area contributed by atoms with Gasteiger partial charge in [-0.05, 0) is 68.2 Å². The quantitative estimate of drug-likeness (QED) is 0.152. The van der Waals surface area contributed by atoms with Gasteiger partial charge in [0.1, 0.15) is 6.04 Å². The maximum atomic E-state index is 12.7. The summed E-state index contributed by atoms with van der Waals surface area (Å²) in [6.07, 6.45) is 1.84. The number of hydrogen-bond donors (Lipinski definition) is 6. The molecule has 0 bridgehead atoms. The number of hydrogen-bond acceptors (Lipinski definition) is 6. The standard InChI is InChI=1S/C25H35N5O4/c1-4-14-26-16-22(31)28-21-12-10-19(11-13-21)18-6-8-20(9-7-18)24(32)29-23(25(33)30-34)17(3)27-15-5-2/h6-13,17,23,26-27,34H,4-5,14-16H2,1-3H3,(H,28,31)(H,29,32)(H,30,33)/t17?,23-/m0/s1. The minimum Gasteiger partial charge on any atom is -0.339 e. The Hall–Kier alpha value is -3.27. The summed E-state index contributed by atoms with van der Waals surface area (Å²) in [5.41, 5.74) is 4.56. The van der Waals surface area contributed by atoms with E-state index in [-0.39, 0.29) is 18.5 Å². The van der Waals surface area contributed by atoms with Crippen molar-refractivity contribution in [3.05, 3.63) is 54.1 Å². The summed E-state index contributed by atoms with van der Waals surface area (Å²) in [5, 5.41) is 20.8. The van der Waals surface area contributed by atoms with Crippen LogP contribution in [0.4, 0.5) is 5.69 Å². The van der Waals surface area contributed by atoms with Crippen LogP contribution >= 0.6 is 0 Å². The molecule has 0 fully saturated rings. The van der Waals surface area contributed by atoms with Crippen molar-refractivity contribution < 1.29 is 19.6 Å². The van der Waals surface area contributed by atoms with Crippen molar-refractivity contribution in [2.45, 2.75) is 45.7 Å².